The first-order valence-corrected chi connectivity index (χ1v) is 6.39. The monoisotopic (exact) mass is 260 g/mol. The normalized spacial score (nSPS) is 10.6. The number of hydrogen-bond acceptors (Lipinski definition) is 5. The number of rotatable bonds is 3. The van der Waals surface area contributed by atoms with Crippen molar-refractivity contribution >= 4 is 15.8 Å². The van der Waals surface area contributed by atoms with Crippen LogP contribution in [0.3, 0.4) is 0 Å². The zero-order valence-electron chi connectivity index (χ0n) is 9.11. The Morgan fingerprint density at radius 1 is 1.28 bits per heavy atom. The van der Waals surface area contributed by atoms with Crippen molar-refractivity contribution in [2.45, 2.75) is 4.90 Å². The van der Waals surface area contributed by atoms with E-state index < -0.39 is 10.0 Å². The highest BCUT2D eigenvalue weighted by atomic mass is 32.2. The molecular weight excluding hydrogens is 252 g/mol. The first-order chi connectivity index (χ1) is 8.62. The van der Waals surface area contributed by atoms with Crippen molar-refractivity contribution in [2.24, 2.45) is 0 Å². The molecule has 0 aliphatic rings. The number of nitrogens with one attached hydrogen (secondary N) is 1. The molecular formula is C11H8N4O2S. The van der Waals surface area contributed by atoms with Gasteiger partial charge >= 0.3 is 0 Å². The lowest BCUT2D eigenvalue weighted by molar-refractivity contribution is 0.601. The second-order valence-corrected chi connectivity index (χ2v) is 5.02. The van der Waals surface area contributed by atoms with Crippen molar-refractivity contribution in [3.05, 3.63) is 48.4 Å². The average molecular weight is 260 g/mol. The Hall–Kier alpha value is -2.46. The van der Waals surface area contributed by atoms with Gasteiger partial charge in [0, 0.05) is 6.20 Å². The van der Waals surface area contributed by atoms with Crippen LogP contribution in [0.1, 0.15) is 5.56 Å². The van der Waals surface area contributed by atoms with E-state index >= 15 is 0 Å². The number of aromatic nitrogens is 2. The van der Waals surface area contributed by atoms with Crippen molar-refractivity contribution in [3.8, 4) is 6.07 Å². The molecule has 1 aromatic heterocycles. The molecule has 0 atom stereocenters. The minimum absolute atomic E-state index is 0.0140. The molecule has 1 aromatic carbocycles. The van der Waals surface area contributed by atoms with E-state index in [4.69, 9.17) is 5.26 Å². The predicted molar refractivity (Wildman–Crippen MR) is 64.0 cm³/mol. The smallest absolute Gasteiger partial charge is 0.263 e. The van der Waals surface area contributed by atoms with Gasteiger partial charge in [-0.05, 0) is 24.3 Å². The van der Waals surface area contributed by atoms with E-state index in [1.54, 1.807) is 0 Å². The molecule has 1 N–H and O–H groups in total. The summed E-state index contributed by atoms with van der Waals surface area (Å²) < 4.78 is 26.3. The number of nitriles is 1. The molecule has 6 nitrogen and oxygen atoms in total. The molecule has 2 rings (SSSR count). The van der Waals surface area contributed by atoms with Crippen LogP contribution in [0, 0.1) is 11.3 Å². The van der Waals surface area contributed by atoms with Crippen LogP contribution in [0.2, 0.25) is 0 Å². The zero-order chi connectivity index (χ0) is 13.0. The first-order valence-electron chi connectivity index (χ1n) is 4.91. The van der Waals surface area contributed by atoms with Gasteiger partial charge in [-0.2, -0.15) is 5.26 Å². The van der Waals surface area contributed by atoms with Gasteiger partial charge in [0.15, 0.2) is 0 Å². The summed E-state index contributed by atoms with van der Waals surface area (Å²) in [6.07, 6.45) is 2.67. The van der Waals surface area contributed by atoms with Gasteiger partial charge in [0.25, 0.3) is 10.0 Å². The highest BCUT2D eigenvalue weighted by molar-refractivity contribution is 7.92. The van der Waals surface area contributed by atoms with Crippen LogP contribution >= 0.6 is 0 Å². The van der Waals surface area contributed by atoms with Gasteiger partial charge in [0.2, 0.25) is 0 Å². The van der Waals surface area contributed by atoms with Crippen LogP contribution in [-0.2, 0) is 10.0 Å². The fraction of sp³-hybridized carbons (Fsp3) is 0. The lowest BCUT2D eigenvalue weighted by atomic mass is 10.2. The quantitative estimate of drug-likeness (QED) is 0.893. The summed E-state index contributed by atoms with van der Waals surface area (Å²) in [5, 5.41) is 8.73. The van der Waals surface area contributed by atoms with Crippen molar-refractivity contribution in [2.75, 3.05) is 4.72 Å². The molecule has 0 amide bonds. The van der Waals surface area contributed by atoms with Crippen molar-refractivity contribution in [3.63, 3.8) is 0 Å². The molecule has 2 aromatic rings. The standard InChI is InChI=1S/C11H8N4O2S/c12-7-9-2-1-3-10(6-9)18(16,17)15-11-4-5-13-8-14-11/h1-6,8H,(H,13,14,15). The summed E-state index contributed by atoms with van der Waals surface area (Å²) in [5.41, 5.74) is 0.278. The summed E-state index contributed by atoms with van der Waals surface area (Å²) >= 11 is 0. The molecule has 0 aliphatic carbocycles. The number of nitrogens with zero attached hydrogens (tertiary/aromatic N) is 3. The van der Waals surface area contributed by atoms with Crippen LogP contribution in [0.5, 0.6) is 0 Å². The van der Waals surface area contributed by atoms with E-state index in [-0.39, 0.29) is 16.3 Å². The predicted octanol–water partition coefficient (Wildman–Crippen LogP) is 1.15. The number of hydrogen-bond donors (Lipinski definition) is 1. The van der Waals surface area contributed by atoms with Gasteiger partial charge < -0.3 is 0 Å². The Labute approximate surface area is 104 Å². The third-order valence-electron chi connectivity index (χ3n) is 2.09. The lowest BCUT2D eigenvalue weighted by Crippen LogP contribution is -2.14. The highest BCUT2D eigenvalue weighted by Crippen LogP contribution is 2.14. The average Bonchev–Trinajstić information content (AvgIpc) is 2.39. The number of anilines is 1. The lowest BCUT2D eigenvalue weighted by Gasteiger charge is -2.06. The van der Waals surface area contributed by atoms with Crippen LogP contribution in [0.15, 0.2) is 47.8 Å². The van der Waals surface area contributed by atoms with E-state index in [9.17, 15) is 8.42 Å². The molecule has 0 saturated heterocycles. The first kappa shape index (κ1) is 12.0. The third-order valence-corrected chi connectivity index (χ3v) is 3.45. The summed E-state index contributed by atoms with van der Waals surface area (Å²) in [6, 6.07) is 9.06. The molecule has 7 heteroatoms. The van der Waals surface area contributed by atoms with Crippen LogP contribution < -0.4 is 4.72 Å². The maximum Gasteiger partial charge on any atom is 0.263 e. The fourth-order valence-corrected chi connectivity index (χ4v) is 2.33. The Balaban J connectivity index is 2.34. The van der Waals surface area contributed by atoms with Gasteiger partial charge in [-0.25, -0.2) is 18.4 Å². The molecule has 18 heavy (non-hydrogen) atoms. The number of benzene rings is 1. The van der Waals surface area contributed by atoms with E-state index in [2.05, 4.69) is 14.7 Å². The summed E-state index contributed by atoms with van der Waals surface area (Å²) in [7, 11) is -3.74. The van der Waals surface area contributed by atoms with Gasteiger partial charge in [0.1, 0.15) is 12.1 Å². The van der Waals surface area contributed by atoms with Gasteiger partial charge in [0.05, 0.1) is 16.5 Å². The van der Waals surface area contributed by atoms with E-state index in [0.717, 1.165) is 0 Å². The molecule has 90 valence electrons. The SMILES string of the molecule is N#Cc1cccc(S(=O)(=O)Nc2ccncn2)c1. The third kappa shape index (κ3) is 2.61. The van der Waals surface area contributed by atoms with E-state index in [1.165, 1.54) is 42.9 Å². The molecule has 0 unspecified atom stereocenters. The van der Waals surface area contributed by atoms with Crippen molar-refractivity contribution in [1.29, 1.82) is 5.26 Å². The summed E-state index contributed by atoms with van der Waals surface area (Å²) in [6.45, 7) is 0. The minimum atomic E-state index is -3.74. The molecule has 0 saturated carbocycles. The maximum atomic E-state index is 12.0. The fourth-order valence-electron chi connectivity index (χ4n) is 1.28. The minimum Gasteiger partial charge on any atom is -0.263 e. The largest absolute Gasteiger partial charge is 0.263 e. The van der Waals surface area contributed by atoms with Crippen molar-refractivity contribution < 1.29 is 8.42 Å². The van der Waals surface area contributed by atoms with Gasteiger partial charge in [-0.3, -0.25) is 4.72 Å². The topological polar surface area (TPSA) is 95.7 Å². The molecule has 1 heterocycles. The van der Waals surface area contributed by atoms with Gasteiger partial charge in [-0.15, -0.1) is 0 Å². The second kappa shape index (κ2) is 4.81. The molecule has 0 fully saturated rings. The summed E-state index contributed by atoms with van der Waals surface area (Å²) in [5.74, 6) is 0.173. The summed E-state index contributed by atoms with van der Waals surface area (Å²) in [4.78, 5) is 7.47. The molecule has 0 bridgehead atoms. The molecule has 0 aliphatic heterocycles. The van der Waals surface area contributed by atoms with E-state index in [1.807, 2.05) is 6.07 Å². The Morgan fingerprint density at radius 3 is 2.78 bits per heavy atom. The highest BCUT2D eigenvalue weighted by Gasteiger charge is 2.14. The van der Waals surface area contributed by atoms with Crippen LogP contribution in [-0.4, -0.2) is 18.4 Å². The zero-order valence-corrected chi connectivity index (χ0v) is 9.92. The molecule has 0 spiro atoms. The Bertz CT molecular complexity index is 692. The maximum absolute atomic E-state index is 12.0. The second-order valence-electron chi connectivity index (χ2n) is 3.34. The van der Waals surface area contributed by atoms with Crippen molar-refractivity contribution in [1.82, 2.24) is 9.97 Å². The van der Waals surface area contributed by atoms with Crippen LogP contribution in [0.4, 0.5) is 5.82 Å². The van der Waals surface area contributed by atoms with Gasteiger partial charge in [-0.1, -0.05) is 6.07 Å². The molecule has 0 radical (unpaired) electrons. The van der Waals surface area contributed by atoms with Crippen LogP contribution in [0.25, 0.3) is 0 Å². The number of sulfonamides is 1. The Kier molecular flexibility index (Phi) is 3.21. The van der Waals surface area contributed by atoms with E-state index in [0.29, 0.717) is 0 Å². The Morgan fingerprint density at radius 2 is 2.11 bits per heavy atom.